The maximum Gasteiger partial charge on any atom is 0.420 e. The Balaban J connectivity index is 2.17. The molecule has 7 heteroatoms. The van der Waals surface area contributed by atoms with E-state index in [4.69, 9.17) is 9.94 Å². The Kier molecular flexibility index (Phi) is 4.45. The van der Waals surface area contributed by atoms with Crippen LogP contribution in [0.1, 0.15) is 21.5 Å². The molecule has 0 heterocycles. The van der Waals surface area contributed by atoms with E-state index < -0.39 is 23.5 Å². The van der Waals surface area contributed by atoms with Crippen molar-refractivity contribution in [1.29, 1.82) is 0 Å². The summed E-state index contributed by atoms with van der Waals surface area (Å²) in [6, 6.07) is 10.4. The van der Waals surface area contributed by atoms with Gasteiger partial charge in [-0.3, -0.25) is 0 Å². The third-order valence-electron chi connectivity index (χ3n) is 2.68. The summed E-state index contributed by atoms with van der Waals surface area (Å²) in [4.78, 5) is 15.6. The molecule has 0 bridgehead atoms. The summed E-state index contributed by atoms with van der Waals surface area (Å²) in [6.45, 7) is 0. The first-order valence-corrected chi connectivity index (χ1v) is 6.08. The molecule has 2 aromatic rings. The lowest BCUT2D eigenvalue weighted by atomic mass is 10.1. The fourth-order valence-electron chi connectivity index (χ4n) is 1.68. The lowest BCUT2D eigenvalue weighted by molar-refractivity contribution is -0.138. The molecule has 0 aliphatic carbocycles. The molecule has 114 valence electrons. The molecular weight excluding hydrogens is 299 g/mol. The van der Waals surface area contributed by atoms with E-state index in [0.717, 1.165) is 18.3 Å². The van der Waals surface area contributed by atoms with Crippen LogP contribution in [0.25, 0.3) is 0 Å². The van der Waals surface area contributed by atoms with Gasteiger partial charge in [0, 0.05) is 0 Å². The normalized spacial score (nSPS) is 11.6. The van der Waals surface area contributed by atoms with Gasteiger partial charge < -0.3 is 9.94 Å². The Hall–Kier alpha value is -2.83. The summed E-state index contributed by atoms with van der Waals surface area (Å²) in [5.41, 5.74) is -0.504. The minimum Gasteiger partial charge on any atom is -0.478 e. The summed E-state index contributed by atoms with van der Waals surface area (Å²) in [7, 11) is 0. The van der Waals surface area contributed by atoms with Crippen molar-refractivity contribution in [3.05, 3.63) is 65.2 Å². The lowest BCUT2D eigenvalue weighted by Gasteiger charge is -2.09. The van der Waals surface area contributed by atoms with Gasteiger partial charge in [-0.05, 0) is 29.8 Å². The van der Waals surface area contributed by atoms with Crippen molar-refractivity contribution in [2.45, 2.75) is 6.18 Å². The molecule has 0 saturated carbocycles. The van der Waals surface area contributed by atoms with Gasteiger partial charge in [0.2, 0.25) is 0 Å². The second-order valence-corrected chi connectivity index (χ2v) is 4.25. The highest BCUT2D eigenvalue weighted by Gasteiger charge is 2.34. The molecule has 0 aliphatic heterocycles. The van der Waals surface area contributed by atoms with Crippen molar-refractivity contribution in [2.75, 3.05) is 0 Å². The van der Waals surface area contributed by atoms with E-state index in [-0.39, 0.29) is 5.56 Å². The van der Waals surface area contributed by atoms with Crippen LogP contribution in [0.15, 0.2) is 53.7 Å². The second-order valence-electron chi connectivity index (χ2n) is 4.25. The van der Waals surface area contributed by atoms with Crippen LogP contribution in [-0.4, -0.2) is 17.3 Å². The molecule has 4 nitrogen and oxygen atoms in total. The van der Waals surface area contributed by atoms with Crippen molar-refractivity contribution in [3.8, 4) is 5.75 Å². The molecule has 2 rings (SSSR count). The Morgan fingerprint density at radius 2 is 1.86 bits per heavy atom. The van der Waals surface area contributed by atoms with Gasteiger partial charge >= 0.3 is 12.1 Å². The number of para-hydroxylation sites is 1. The number of halogens is 3. The second kappa shape index (κ2) is 6.30. The summed E-state index contributed by atoms with van der Waals surface area (Å²) in [6.07, 6.45) is -3.41. The average Bonchev–Trinajstić information content (AvgIpc) is 2.47. The van der Waals surface area contributed by atoms with Gasteiger partial charge in [0.15, 0.2) is 5.75 Å². The van der Waals surface area contributed by atoms with E-state index in [1.807, 2.05) is 0 Å². The molecule has 0 amide bonds. The number of nitrogens with zero attached hydrogens (tertiary/aromatic N) is 1. The molecule has 0 spiro atoms. The van der Waals surface area contributed by atoms with Crippen LogP contribution >= 0.6 is 0 Å². The van der Waals surface area contributed by atoms with Crippen molar-refractivity contribution in [2.24, 2.45) is 5.16 Å². The van der Waals surface area contributed by atoms with Gasteiger partial charge in [0.25, 0.3) is 0 Å². The Bertz CT molecular complexity index is 711. The predicted molar refractivity (Wildman–Crippen MR) is 73.1 cm³/mol. The zero-order chi connectivity index (χ0) is 16.2. The van der Waals surface area contributed by atoms with Gasteiger partial charge in [0.1, 0.15) is 5.56 Å². The summed E-state index contributed by atoms with van der Waals surface area (Å²) < 4.78 is 38.2. The number of benzene rings is 2. The smallest absolute Gasteiger partial charge is 0.420 e. The molecule has 0 atom stereocenters. The molecule has 2 aromatic carbocycles. The molecule has 0 unspecified atom stereocenters. The van der Waals surface area contributed by atoms with Crippen LogP contribution in [-0.2, 0) is 6.18 Å². The SMILES string of the molecule is O=C(O)c1cccc(/C=N/Oc2ccccc2C(F)(F)F)c1. The van der Waals surface area contributed by atoms with Crippen LogP contribution in [0.2, 0.25) is 0 Å². The van der Waals surface area contributed by atoms with E-state index in [9.17, 15) is 18.0 Å². The zero-order valence-corrected chi connectivity index (χ0v) is 11.0. The number of carboxylic acids is 1. The minimum absolute atomic E-state index is 0.0413. The number of rotatable bonds is 4. The number of oxime groups is 1. The van der Waals surface area contributed by atoms with E-state index in [0.29, 0.717) is 5.56 Å². The van der Waals surface area contributed by atoms with Crippen molar-refractivity contribution < 1.29 is 27.9 Å². The van der Waals surface area contributed by atoms with Crippen LogP contribution < -0.4 is 4.84 Å². The standard InChI is InChI=1S/C15H10F3NO3/c16-15(17,18)12-6-1-2-7-13(12)22-19-9-10-4-3-5-11(8-10)14(20)21/h1-9H,(H,20,21)/b19-9+. The topological polar surface area (TPSA) is 58.9 Å². The average molecular weight is 309 g/mol. The summed E-state index contributed by atoms with van der Waals surface area (Å²) in [5.74, 6) is -1.54. The van der Waals surface area contributed by atoms with Gasteiger partial charge in [-0.25, -0.2) is 4.79 Å². The van der Waals surface area contributed by atoms with Crippen molar-refractivity contribution in [1.82, 2.24) is 0 Å². The maximum absolute atomic E-state index is 12.7. The van der Waals surface area contributed by atoms with E-state index >= 15 is 0 Å². The highest BCUT2D eigenvalue weighted by Crippen LogP contribution is 2.35. The molecule has 0 saturated heterocycles. The highest BCUT2D eigenvalue weighted by molar-refractivity contribution is 5.90. The third kappa shape index (κ3) is 3.85. The first kappa shape index (κ1) is 15.6. The molecule has 0 radical (unpaired) electrons. The van der Waals surface area contributed by atoms with Crippen LogP contribution in [0.3, 0.4) is 0 Å². The van der Waals surface area contributed by atoms with Gasteiger partial charge in [-0.1, -0.05) is 29.4 Å². The Labute approximate surface area is 123 Å². The van der Waals surface area contributed by atoms with Gasteiger partial charge in [-0.2, -0.15) is 13.2 Å². The largest absolute Gasteiger partial charge is 0.478 e. The van der Waals surface area contributed by atoms with E-state index in [1.165, 1.54) is 30.3 Å². The van der Waals surface area contributed by atoms with E-state index in [1.54, 1.807) is 6.07 Å². The van der Waals surface area contributed by atoms with Crippen LogP contribution in [0, 0.1) is 0 Å². The quantitative estimate of drug-likeness (QED) is 0.690. The number of carboxylic acid groups (broad SMARTS) is 1. The number of aromatic carboxylic acids is 1. The Morgan fingerprint density at radius 3 is 2.55 bits per heavy atom. The fourth-order valence-corrected chi connectivity index (χ4v) is 1.68. The minimum atomic E-state index is -4.55. The third-order valence-corrected chi connectivity index (χ3v) is 2.68. The lowest BCUT2D eigenvalue weighted by Crippen LogP contribution is -2.06. The van der Waals surface area contributed by atoms with Crippen LogP contribution in [0.5, 0.6) is 5.75 Å². The van der Waals surface area contributed by atoms with Gasteiger partial charge in [0.05, 0.1) is 11.8 Å². The molecule has 22 heavy (non-hydrogen) atoms. The number of carbonyl (C=O) groups is 1. The number of alkyl halides is 3. The highest BCUT2D eigenvalue weighted by atomic mass is 19.4. The zero-order valence-electron chi connectivity index (χ0n) is 11.0. The van der Waals surface area contributed by atoms with Gasteiger partial charge in [-0.15, -0.1) is 0 Å². The van der Waals surface area contributed by atoms with Crippen molar-refractivity contribution in [3.63, 3.8) is 0 Å². The molecule has 0 fully saturated rings. The Morgan fingerprint density at radius 1 is 1.14 bits per heavy atom. The fraction of sp³-hybridized carbons (Fsp3) is 0.0667. The van der Waals surface area contributed by atoms with Crippen molar-refractivity contribution >= 4 is 12.2 Å². The van der Waals surface area contributed by atoms with E-state index in [2.05, 4.69) is 5.16 Å². The monoisotopic (exact) mass is 309 g/mol. The van der Waals surface area contributed by atoms with Crippen LogP contribution in [0.4, 0.5) is 13.2 Å². The number of hydrogen-bond acceptors (Lipinski definition) is 3. The molecule has 0 aliphatic rings. The summed E-state index contributed by atoms with van der Waals surface area (Å²) >= 11 is 0. The maximum atomic E-state index is 12.7. The predicted octanol–water partition coefficient (Wildman–Crippen LogP) is 3.82. The molecule has 0 aromatic heterocycles. The number of hydrogen-bond donors (Lipinski definition) is 1. The molecular formula is C15H10F3NO3. The molecule has 1 N–H and O–H groups in total. The first-order chi connectivity index (χ1) is 10.4. The first-order valence-electron chi connectivity index (χ1n) is 6.08. The summed E-state index contributed by atoms with van der Waals surface area (Å²) in [5, 5.41) is 12.3.